The SMILES string of the molecule is NCCC(=O)NC(Cc1cnc[nH]1)C(=O)NC(CCC(N)=O)C(=O)CC(CCC(N)=O)C(N)=O. The van der Waals surface area contributed by atoms with Crippen LogP contribution < -0.4 is 33.6 Å². The van der Waals surface area contributed by atoms with E-state index in [1.807, 2.05) is 0 Å². The summed E-state index contributed by atoms with van der Waals surface area (Å²) in [6.07, 6.45) is 1.99. The van der Waals surface area contributed by atoms with E-state index in [1.54, 1.807) is 0 Å². The molecule has 3 atom stereocenters. The van der Waals surface area contributed by atoms with Crippen molar-refractivity contribution >= 4 is 35.3 Å². The van der Waals surface area contributed by atoms with Gasteiger partial charge in [0.25, 0.3) is 0 Å². The Bertz CT molecular complexity index is 872. The number of hydrogen-bond donors (Lipinski definition) is 7. The second-order valence-electron chi connectivity index (χ2n) is 7.78. The fourth-order valence-electron chi connectivity index (χ4n) is 3.14. The molecule has 0 aliphatic rings. The van der Waals surface area contributed by atoms with Crippen molar-refractivity contribution in [2.24, 2.45) is 28.9 Å². The number of hydrogen-bond acceptors (Lipinski definition) is 8. The molecule has 188 valence electrons. The van der Waals surface area contributed by atoms with Crippen LogP contribution in [0.5, 0.6) is 0 Å². The predicted octanol–water partition coefficient (Wildman–Crippen LogP) is -3.14. The molecule has 1 aromatic rings. The monoisotopic (exact) mass is 480 g/mol. The van der Waals surface area contributed by atoms with Gasteiger partial charge in [-0.25, -0.2) is 4.98 Å². The molecule has 1 heterocycles. The van der Waals surface area contributed by atoms with E-state index in [1.165, 1.54) is 12.5 Å². The van der Waals surface area contributed by atoms with Crippen molar-refractivity contribution < 1.29 is 28.8 Å². The van der Waals surface area contributed by atoms with Gasteiger partial charge in [-0.15, -0.1) is 0 Å². The number of Topliss-reactive ketones (excluding diaryl/α,β-unsaturated/α-hetero) is 1. The van der Waals surface area contributed by atoms with Gasteiger partial charge in [-0.2, -0.15) is 0 Å². The number of imidazole rings is 1. The third-order valence-corrected chi connectivity index (χ3v) is 4.98. The fraction of sp³-hybridized carbons (Fsp3) is 0.550. The highest BCUT2D eigenvalue weighted by Gasteiger charge is 2.30. The maximum atomic E-state index is 13.0. The minimum absolute atomic E-state index is 0.0169. The lowest BCUT2D eigenvalue weighted by Gasteiger charge is -2.23. The normalized spacial score (nSPS) is 13.3. The smallest absolute Gasteiger partial charge is 0.243 e. The number of aromatic amines is 1. The van der Waals surface area contributed by atoms with E-state index in [-0.39, 0.29) is 51.5 Å². The zero-order valence-electron chi connectivity index (χ0n) is 18.7. The van der Waals surface area contributed by atoms with Gasteiger partial charge >= 0.3 is 0 Å². The van der Waals surface area contributed by atoms with Crippen molar-refractivity contribution in [3.05, 3.63) is 18.2 Å². The summed E-state index contributed by atoms with van der Waals surface area (Å²) < 4.78 is 0. The molecule has 14 nitrogen and oxygen atoms in total. The lowest BCUT2D eigenvalue weighted by molar-refractivity contribution is -0.133. The van der Waals surface area contributed by atoms with Gasteiger partial charge in [-0.3, -0.25) is 28.8 Å². The van der Waals surface area contributed by atoms with Gasteiger partial charge in [0.1, 0.15) is 6.04 Å². The second-order valence-corrected chi connectivity index (χ2v) is 7.78. The Morgan fingerprint density at radius 2 is 1.56 bits per heavy atom. The standard InChI is InChI=1S/C20H32N8O6/c21-6-5-18(32)27-14(8-12-9-25-10-26-12)20(34)28-13(2-4-17(23)31)15(29)7-11(19(24)33)1-3-16(22)30/h9-11,13-14H,1-8,21H2,(H2,22,30)(H2,23,31)(H2,24,33)(H,25,26)(H,27,32)(H,28,34). The number of nitrogens with one attached hydrogen (secondary N) is 3. The summed E-state index contributed by atoms with van der Waals surface area (Å²) in [6, 6.07) is -2.27. The summed E-state index contributed by atoms with van der Waals surface area (Å²) in [6.45, 7) is 0.0732. The summed E-state index contributed by atoms with van der Waals surface area (Å²) >= 11 is 0. The quantitative estimate of drug-likeness (QED) is 0.119. The van der Waals surface area contributed by atoms with E-state index in [0.29, 0.717) is 5.69 Å². The number of nitrogens with two attached hydrogens (primary N) is 4. The lowest BCUT2D eigenvalue weighted by atomic mass is 9.91. The highest BCUT2D eigenvalue weighted by atomic mass is 16.2. The first-order valence-corrected chi connectivity index (χ1v) is 10.7. The Hall–Kier alpha value is -3.81. The van der Waals surface area contributed by atoms with Crippen LogP contribution in [0.25, 0.3) is 0 Å². The van der Waals surface area contributed by atoms with Gasteiger partial charge in [0.2, 0.25) is 29.5 Å². The number of nitrogens with zero attached hydrogens (tertiary/aromatic N) is 1. The van der Waals surface area contributed by atoms with Crippen LogP contribution in [-0.2, 0) is 35.2 Å². The Labute approximate surface area is 195 Å². The molecule has 0 saturated carbocycles. The fourth-order valence-corrected chi connectivity index (χ4v) is 3.14. The number of ketones is 1. The first kappa shape index (κ1) is 28.2. The zero-order valence-corrected chi connectivity index (χ0v) is 18.7. The molecule has 0 bridgehead atoms. The average molecular weight is 481 g/mol. The van der Waals surface area contributed by atoms with Crippen LogP contribution in [-0.4, -0.2) is 63.9 Å². The number of aromatic nitrogens is 2. The molecule has 3 unspecified atom stereocenters. The number of amides is 5. The predicted molar refractivity (Wildman–Crippen MR) is 119 cm³/mol. The highest BCUT2D eigenvalue weighted by Crippen LogP contribution is 2.15. The summed E-state index contributed by atoms with van der Waals surface area (Å²) in [5.41, 5.74) is 21.5. The Balaban J connectivity index is 3.00. The number of carbonyl (C=O) groups is 6. The van der Waals surface area contributed by atoms with Crippen molar-refractivity contribution in [1.82, 2.24) is 20.6 Å². The van der Waals surface area contributed by atoms with E-state index < -0.39 is 53.3 Å². The van der Waals surface area contributed by atoms with Crippen molar-refractivity contribution in [3.8, 4) is 0 Å². The Morgan fingerprint density at radius 1 is 0.912 bits per heavy atom. The topological polar surface area (TPSA) is 259 Å². The minimum Gasteiger partial charge on any atom is -0.370 e. The van der Waals surface area contributed by atoms with Gasteiger partial charge in [-0.05, 0) is 12.8 Å². The molecule has 0 aromatic carbocycles. The maximum Gasteiger partial charge on any atom is 0.243 e. The molecule has 11 N–H and O–H groups in total. The maximum absolute atomic E-state index is 13.0. The summed E-state index contributed by atoms with van der Waals surface area (Å²) in [5.74, 6) is -4.90. The van der Waals surface area contributed by atoms with Crippen LogP contribution in [0.15, 0.2) is 12.5 Å². The Morgan fingerprint density at radius 3 is 2.09 bits per heavy atom. The molecule has 0 aliphatic heterocycles. The van der Waals surface area contributed by atoms with Crippen LogP contribution in [0.1, 0.15) is 44.2 Å². The first-order valence-electron chi connectivity index (χ1n) is 10.7. The van der Waals surface area contributed by atoms with Crippen LogP contribution in [0, 0.1) is 5.92 Å². The van der Waals surface area contributed by atoms with E-state index in [2.05, 4.69) is 20.6 Å². The summed E-state index contributed by atoms with van der Waals surface area (Å²) in [4.78, 5) is 78.7. The number of primary amides is 3. The Kier molecular flexibility index (Phi) is 11.9. The molecule has 0 fully saturated rings. The molecule has 1 aromatic heterocycles. The van der Waals surface area contributed by atoms with Crippen LogP contribution >= 0.6 is 0 Å². The van der Waals surface area contributed by atoms with Crippen LogP contribution in [0.4, 0.5) is 0 Å². The molecule has 1 rings (SSSR count). The molecule has 14 heteroatoms. The summed E-state index contributed by atoms with van der Waals surface area (Å²) in [7, 11) is 0. The van der Waals surface area contributed by atoms with Crippen molar-refractivity contribution in [1.29, 1.82) is 0 Å². The lowest BCUT2D eigenvalue weighted by Crippen LogP contribution is -2.53. The molecule has 0 saturated heterocycles. The summed E-state index contributed by atoms with van der Waals surface area (Å²) in [5, 5.41) is 5.07. The molecule has 0 aliphatic carbocycles. The van der Waals surface area contributed by atoms with Crippen LogP contribution in [0.3, 0.4) is 0 Å². The number of H-pyrrole nitrogens is 1. The highest BCUT2D eigenvalue weighted by molar-refractivity contribution is 5.95. The molecule has 34 heavy (non-hydrogen) atoms. The van der Waals surface area contributed by atoms with E-state index in [0.717, 1.165) is 0 Å². The third kappa shape index (κ3) is 10.7. The van der Waals surface area contributed by atoms with E-state index in [4.69, 9.17) is 22.9 Å². The van der Waals surface area contributed by atoms with Gasteiger partial charge in [0.05, 0.1) is 12.4 Å². The third-order valence-electron chi connectivity index (χ3n) is 4.98. The van der Waals surface area contributed by atoms with Gasteiger partial charge in [-0.1, -0.05) is 0 Å². The van der Waals surface area contributed by atoms with Gasteiger partial charge in [0, 0.05) is 56.5 Å². The van der Waals surface area contributed by atoms with Crippen molar-refractivity contribution in [2.45, 2.75) is 57.0 Å². The zero-order chi connectivity index (χ0) is 25.7. The van der Waals surface area contributed by atoms with Crippen molar-refractivity contribution in [2.75, 3.05) is 6.54 Å². The van der Waals surface area contributed by atoms with Gasteiger partial charge < -0.3 is 38.6 Å². The van der Waals surface area contributed by atoms with Crippen molar-refractivity contribution in [3.63, 3.8) is 0 Å². The van der Waals surface area contributed by atoms with Gasteiger partial charge in [0.15, 0.2) is 5.78 Å². The number of rotatable bonds is 17. The largest absolute Gasteiger partial charge is 0.370 e. The average Bonchev–Trinajstić information content (AvgIpc) is 3.26. The molecule has 0 spiro atoms. The molecular formula is C20H32N8O6. The van der Waals surface area contributed by atoms with Crippen LogP contribution in [0.2, 0.25) is 0 Å². The number of carbonyl (C=O) groups excluding carboxylic acids is 6. The first-order chi connectivity index (χ1) is 16.0. The van der Waals surface area contributed by atoms with E-state index >= 15 is 0 Å². The molecular weight excluding hydrogens is 448 g/mol. The minimum atomic E-state index is -1.19. The van der Waals surface area contributed by atoms with E-state index in [9.17, 15) is 28.8 Å². The molecule has 5 amide bonds. The molecule has 0 radical (unpaired) electrons. The second kappa shape index (κ2) is 14.4.